The van der Waals surface area contributed by atoms with Crippen molar-refractivity contribution in [2.75, 3.05) is 20.3 Å². The number of methoxy groups -OCH3 is 1. The molecule has 0 spiro atoms. The predicted molar refractivity (Wildman–Crippen MR) is 106 cm³/mol. The van der Waals surface area contributed by atoms with Gasteiger partial charge >= 0.3 is 0 Å². The number of likely N-dealkylation sites (tertiary alicyclic amines) is 1. The van der Waals surface area contributed by atoms with Crippen LogP contribution in [-0.4, -0.2) is 42.0 Å². The van der Waals surface area contributed by atoms with Gasteiger partial charge in [0.25, 0.3) is 11.7 Å². The highest BCUT2D eigenvalue weighted by Crippen LogP contribution is 2.39. The summed E-state index contributed by atoms with van der Waals surface area (Å²) in [5.74, 6) is -1.61. The number of nitrogens with zero attached hydrogens (tertiary/aromatic N) is 1. The lowest BCUT2D eigenvalue weighted by atomic mass is 9.95. The van der Waals surface area contributed by atoms with E-state index in [0.717, 1.165) is 10.0 Å². The zero-order chi connectivity index (χ0) is 19.6. The van der Waals surface area contributed by atoms with E-state index in [9.17, 15) is 14.7 Å². The Morgan fingerprint density at radius 2 is 1.93 bits per heavy atom. The monoisotopic (exact) mass is 449 g/mol. The Kier molecular flexibility index (Phi) is 5.99. The molecule has 1 aliphatic rings. The van der Waals surface area contributed by atoms with E-state index in [2.05, 4.69) is 15.9 Å². The summed E-state index contributed by atoms with van der Waals surface area (Å²) < 4.78 is 5.89. The van der Waals surface area contributed by atoms with E-state index >= 15 is 0 Å². The van der Waals surface area contributed by atoms with Crippen molar-refractivity contribution in [3.05, 3.63) is 74.7 Å². The second kappa shape index (κ2) is 8.25. The van der Waals surface area contributed by atoms with Crippen LogP contribution in [0.2, 0.25) is 5.02 Å². The number of ketones is 1. The Balaban J connectivity index is 2.16. The zero-order valence-corrected chi connectivity index (χ0v) is 16.8. The number of hydrogen-bond acceptors (Lipinski definition) is 4. The molecular weight excluding hydrogens is 434 g/mol. The second-order valence-corrected chi connectivity index (χ2v) is 7.40. The predicted octanol–water partition coefficient (Wildman–Crippen LogP) is 4.17. The lowest BCUT2D eigenvalue weighted by molar-refractivity contribution is -0.140. The average molecular weight is 451 g/mol. The molecule has 2 aromatic rings. The van der Waals surface area contributed by atoms with Crippen LogP contribution in [0.3, 0.4) is 0 Å². The van der Waals surface area contributed by atoms with Gasteiger partial charge in [0.05, 0.1) is 18.2 Å². The molecule has 7 heteroatoms. The fourth-order valence-electron chi connectivity index (χ4n) is 3.09. The van der Waals surface area contributed by atoms with Gasteiger partial charge in [-0.1, -0.05) is 39.7 Å². The van der Waals surface area contributed by atoms with Crippen molar-refractivity contribution in [1.29, 1.82) is 0 Å². The standard InChI is InChI=1S/C20H17BrClNO4/c1-27-10-9-23-17(13-3-2-4-14(21)11-13)16(19(25)20(23)26)18(24)12-5-7-15(22)8-6-12/h2-8,11,17,24H,9-10H2,1H3/t17-/m1/s1. The molecule has 1 amide bonds. The van der Waals surface area contributed by atoms with E-state index in [4.69, 9.17) is 16.3 Å². The number of ether oxygens (including phenoxy) is 1. The normalized spacial score (nSPS) is 18.9. The quantitative estimate of drug-likeness (QED) is 0.422. The molecule has 0 aliphatic carbocycles. The first-order valence-electron chi connectivity index (χ1n) is 8.22. The van der Waals surface area contributed by atoms with Crippen LogP contribution in [-0.2, 0) is 14.3 Å². The van der Waals surface area contributed by atoms with Gasteiger partial charge in [-0.15, -0.1) is 0 Å². The number of rotatable bonds is 5. The Morgan fingerprint density at radius 1 is 1.22 bits per heavy atom. The van der Waals surface area contributed by atoms with Crippen LogP contribution in [0.5, 0.6) is 0 Å². The SMILES string of the molecule is COCCN1C(=O)C(=O)C(=C(O)c2ccc(Cl)cc2)[C@H]1c1cccc(Br)c1. The molecule has 0 aromatic heterocycles. The molecule has 27 heavy (non-hydrogen) atoms. The third kappa shape index (κ3) is 3.93. The van der Waals surface area contributed by atoms with Crippen LogP contribution in [0, 0.1) is 0 Å². The highest BCUT2D eigenvalue weighted by atomic mass is 79.9. The number of aliphatic hydroxyl groups excluding tert-OH is 1. The maximum Gasteiger partial charge on any atom is 0.295 e. The van der Waals surface area contributed by atoms with Crippen LogP contribution in [0.4, 0.5) is 0 Å². The minimum absolute atomic E-state index is 0.0523. The van der Waals surface area contributed by atoms with E-state index in [1.165, 1.54) is 12.0 Å². The topological polar surface area (TPSA) is 66.8 Å². The minimum Gasteiger partial charge on any atom is -0.507 e. The first-order chi connectivity index (χ1) is 12.9. The summed E-state index contributed by atoms with van der Waals surface area (Å²) in [6, 6.07) is 13.1. The molecule has 3 rings (SSSR count). The fourth-order valence-corrected chi connectivity index (χ4v) is 3.63. The first kappa shape index (κ1) is 19.6. The van der Waals surface area contributed by atoms with Crippen molar-refractivity contribution in [3.63, 3.8) is 0 Å². The zero-order valence-electron chi connectivity index (χ0n) is 14.5. The van der Waals surface area contributed by atoms with E-state index in [-0.39, 0.29) is 24.5 Å². The Labute approximate surface area is 170 Å². The summed E-state index contributed by atoms with van der Waals surface area (Å²) in [7, 11) is 1.53. The number of hydrogen-bond donors (Lipinski definition) is 1. The van der Waals surface area contributed by atoms with Crippen LogP contribution in [0.25, 0.3) is 5.76 Å². The molecule has 1 N–H and O–H groups in total. The van der Waals surface area contributed by atoms with Gasteiger partial charge in [-0.05, 0) is 42.0 Å². The van der Waals surface area contributed by atoms with Gasteiger partial charge in [0.15, 0.2) is 0 Å². The number of benzene rings is 2. The molecule has 1 saturated heterocycles. The van der Waals surface area contributed by atoms with E-state index in [1.54, 1.807) is 24.3 Å². The Hall–Kier alpha value is -2.15. The largest absolute Gasteiger partial charge is 0.507 e. The summed E-state index contributed by atoms with van der Waals surface area (Å²) in [5, 5.41) is 11.3. The van der Waals surface area contributed by atoms with E-state index in [1.807, 2.05) is 24.3 Å². The van der Waals surface area contributed by atoms with Crippen LogP contribution in [0.15, 0.2) is 58.6 Å². The molecular formula is C20H17BrClNO4. The molecule has 1 fully saturated rings. The molecule has 5 nitrogen and oxygen atoms in total. The van der Waals surface area contributed by atoms with Gasteiger partial charge in [0.2, 0.25) is 0 Å². The molecule has 1 aliphatic heterocycles. The lowest BCUT2D eigenvalue weighted by Crippen LogP contribution is -2.32. The molecule has 0 unspecified atom stereocenters. The van der Waals surface area contributed by atoms with Gasteiger partial charge in [-0.3, -0.25) is 9.59 Å². The molecule has 0 bridgehead atoms. The lowest BCUT2D eigenvalue weighted by Gasteiger charge is -2.25. The van der Waals surface area contributed by atoms with E-state index in [0.29, 0.717) is 10.6 Å². The molecule has 0 saturated carbocycles. The summed E-state index contributed by atoms with van der Waals surface area (Å²) in [4.78, 5) is 26.8. The van der Waals surface area contributed by atoms with Crippen molar-refractivity contribution in [3.8, 4) is 0 Å². The highest BCUT2D eigenvalue weighted by Gasteiger charge is 2.45. The van der Waals surface area contributed by atoms with Crippen LogP contribution in [0.1, 0.15) is 17.2 Å². The van der Waals surface area contributed by atoms with Gasteiger partial charge < -0.3 is 14.7 Å². The highest BCUT2D eigenvalue weighted by molar-refractivity contribution is 9.10. The number of carbonyl (C=O) groups is 2. The van der Waals surface area contributed by atoms with Gasteiger partial charge in [-0.2, -0.15) is 0 Å². The Morgan fingerprint density at radius 3 is 2.56 bits per heavy atom. The van der Waals surface area contributed by atoms with Crippen molar-refractivity contribution >= 4 is 45.0 Å². The smallest absolute Gasteiger partial charge is 0.295 e. The molecule has 0 radical (unpaired) electrons. The second-order valence-electron chi connectivity index (χ2n) is 6.05. The van der Waals surface area contributed by atoms with Crippen molar-refractivity contribution in [2.45, 2.75) is 6.04 Å². The van der Waals surface area contributed by atoms with Crippen molar-refractivity contribution in [1.82, 2.24) is 4.90 Å². The van der Waals surface area contributed by atoms with Crippen molar-refractivity contribution in [2.24, 2.45) is 0 Å². The van der Waals surface area contributed by atoms with Crippen LogP contribution >= 0.6 is 27.5 Å². The maximum absolute atomic E-state index is 12.7. The number of amides is 1. The van der Waals surface area contributed by atoms with Gasteiger partial charge in [-0.25, -0.2) is 0 Å². The van der Waals surface area contributed by atoms with Crippen LogP contribution < -0.4 is 0 Å². The number of halogens is 2. The number of Topliss-reactive ketones (excluding diaryl/α,β-unsaturated/α-hetero) is 1. The molecule has 1 heterocycles. The summed E-state index contributed by atoms with van der Waals surface area (Å²) in [6.45, 7) is 0.508. The Bertz CT molecular complexity index is 910. The minimum atomic E-state index is -0.719. The third-order valence-electron chi connectivity index (χ3n) is 4.36. The average Bonchev–Trinajstić information content (AvgIpc) is 2.91. The molecule has 1 atom stereocenters. The van der Waals surface area contributed by atoms with Crippen molar-refractivity contribution < 1.29 is 19.4 Å². The van der Waals surface area contributed by atoms with E-state index < -0.39 is 17.7 Å². The summed E-state index contributed by atoms with van der Waals surface area (Å²) in [6.07, 6.45) is 0. The van der Waals surface area contributed by atoms with Gasteiger partial charge in [0, 0.05) is 28.7 Å². The maximum atomic E-state index is 12.7. The summed E-state index contributed by atoms with van der Waals surface area (Å²) in [5.41, 5.74) is 1.19. The fraction of sp³-hybridized carbons (Fsp3) is 0.200. The molecule has 2 aromatic carbocycles. The first-order valence-corrected chi connectivity index (χ1v) is 9.40. The molecule has 140 valence electrons. The third-order valence-corrected chi connectivity index (χ3v) is 5.10. The number of carbonyl (C=O) groups excluding carboxylic acids is 2. The van der Waals surface area contributed by atoms with Gasteiger partial charge in [0.1, 0.15) is 5.76 Å². The summed E-state index contributed by atoms with van der Waals surface area (Å²) >= 11 is 9.32. The number of aliphatic hydroxyl groups is 1.